The van der Waals surface area contributed by atoms with E-state index in [2.05, 4.69) is 10.3 Å². The van der Waals surface area contributed by atoms with Crippen molar-refractivity contribution >= 4 is 86.5 Å². The lowest BCUT2D eigenvalue weighted by molar-refractivity contribution is -0.128. The van der Waals surface area contributed by atoms with Crippen molar-refractivity contribution in [2.45, 2.75) is 18.6 Å². The van der Waals surface area contributed by atoms with E-state index in [1.807, 2.05) is 6.92 Å². The molecule has 2 aromatic rings. The van der Waals surface area contributed by atoms with Gasteiger partial charge in [0.15, 0.2) is 5.17 Å². The molecule has 29 heavy (non-hydrogen) atoms. The first-order valence-corrected chi connectivity index (χ1v) is 10.9. The van der Waals surface area contributed by atoms with Gasteiger partial charge >= 0.3 is 0 Å². The van der Waals surface area contributed by atoms with Crippen LogP contribution in [0.3, 0.4) is 0 Å². The van der Waals surface area contributed by atoms with Gasteiger partial charge in [-0.05, 0) is 37.3 Å². The molecule has 1 heterocycles. The highest BCUT2D eigenvalue weighted by molar-refractivity contribution is 8.15. The Morgan fingerprint density at radius 3 is 2.62 bits per heavy atom. The van der Waals surface area contributed by atoms with Gasteiger partial charge in [-0.15, -0.1) is 0 Å². The van der Waals surface area contributed by atoms with Crippen molar-refractivity contribution < 1.29 is 9.59 Å². The highest BCUT2D eigenvalue weighted by Gasteiger charge is 2.38. The second-order valence-corrected chi connectivity index (χ2v) is 8.83. The molecule has 1 fully saturated rings. The molecule has 1 N–H and O–H groups in total. The van der Waals surface area contributed by atoms with Crippen molar-refractivity contribution in [1.82, 2.24) is 4.90 Å². The minimum Gasteiger partial charge on any atom is -0.325 e. The number of aliphatic imine (C=N–C) groups is 1. The van der Waals surface area contributed by atoms with E-state index >= 15 is 0 Å². The Labute approximate surface area is 192 Å². The van der Waals surface area contributed by atoms with Gasteiger partial charge in [-0.25, -0.2) is 4.99 Å². The number of amidine groups is 1. The molecule has 0 radical (unpaired) electrons. The Hall–Kier alpha value is -1.44. The fourth-order valence-electron chi connectivity index (χ4n) is 2.66. The molecule has 1 atom stereocenters. The van der Waals surface area contributed by atoms with Crippen LogP contribution in [0.15, 0.2) is 41.4 Å². The largest absolute Gasteiger partial charge is 0.325 e. The summed E-state index contributed by atoms with van der Waals surface area (Å²) in [5.74, 6) is -0.532. The number of halogens is 4. The van der Waals surface area contributed by atoms with Gasteiger partial charge in [0.1, 0.15) is 5.25 Å². The molecule has 0 spiro atoms. The summed E-state index contributed by atoms with van der Waals surface area (Å²) in [7, 11) is 0. The Morgan fingerprint density at radius 1 is 1.17 bits per heavy atom. The molecule has 1 aliphatic heterocycles. The highest BCUT2D eigenvalue weighted by Crippen LogP contribution is 2.35. The number of hydrogen-bond acceptors (Lipinski definition) is 4. The molecule has 10 heteroatoms. The van der Waals surface area contributed by atoms with Crippen molar-refractivity contribution in [3.05, 3.63) is 56.5 Å². The number of thioether (sulfide) groups is 1. The first-order valence-electron chi connectivity index (χ1n) is 8.55. The average Bonchev–Trinajstić information content (AvgIpc) is 2.95. The second kappa shape index (κ2) is 9.58. The molecule has 152 valence electrons. The summed E-state index contributed by atoms with van der Waals surface area (Å²) in [6, 6.07) is 9.88. The van der Waals surface area contributed by atoms with Gasteiger partial charge in [0.25, 0.3) is 0 Å². The quantitative estimate of drug-likeness (QED) is 0.536. The van der Waals surface area contributed by atoms with Crippen LogP contribution in [-0.4, -0.2) is 33.7 Å². The molecule has 0 aliphatic carbocycles. The van der Waals surface area contributed by atoms with Gasteiger partial charge in [-0.2, -0.15) is 0 Å². The van der Waals surface area contributed by atoms with E-state index in [-0.39, 0.29) is 23.3 Å². The van der Waals surface area contributed by atoms with Crippen LogP contribution in [0.2, 0.25) is 20.1 Å². The molecular formula is C19H15Cl4N3O2S. The summed E-state index contributed by atoms with van der Waals surface area (Å²) in [4.78, 5) is 31.2. The summed E-state index contributed by atoms with van der Waals surface area (Å²) in [5, 5.41) is 4.05. The number of carbonyl (C=O) groups excluding carboxylic acids is 2. The highest BCUT2D eigenvalue weighted by atomic mass is 35.5. The van der Waals surface area contributed by atoms with Crippen LogP contribution in [-0.2, 0) is 9.59 Å². The fourth-order valence-corrected chi connectivity index (χ4v) is 4.67. The van der Waals surface area contributed by atoms with Crippen LogP contribution in [0, 0.1) is 0 Å². The van der Waals surface area contributed by atoms with Gasteiger partial charge in [0, 0.05) is 18.0 Å². The molecule has 2 aromatic carbocycles. The second-order valence-electron chi connectivity index (χ2n) is 6.03. The summed E-state index contributed by atoms with van der Waals surface area (Å²) in [6.07, 6.45) is -0.0315. The molecule has 0 aromatic heterocycles. The number of nitrogens with one attached hydrogen (secondary N) is 1. The number of nitrogens with zero attached hydrogens (tertiary/aromatic N) is 2. The molecule has 5 nitrogen and oxygen atoms in total. The van der Waals surface area contributed by atoms with Crippen LogP contribution < -0.4 is 5.32 Å². The summed E-state index contributed by atoms with van der Waals surface area (Å²) in [5.41, 5.74) is 0.898. The third-order valence-electron chi connectivity index (χ3n) is 4.06. The van der Waals surface area contributed by atoms with Gasteiger partial charge in [-0.1, -0.05) is 64.2 Å². The Morgan fingerprint density at radius 2 is 1.93 bits per heavy atom. The van der Waals surface area contributed by atoms with E-state index in [0.717, 1.165) is 0 Å². The zero-order chi connectivity index (χ0) is 21.1. The van der Waals surface area contributed by atoms with Gasteiger partial charge < -0.3 is 5.32 Å². The average molecular weight is 491 g/mol. The number of anilines is 1. The first-order chi connectivity index (χ1) is 13.8. The minimum atomic E-state index is -0.599. The third-order valence-corrected chi connectivity index (χ3v) is 6.59. The van der Waals surface area contributed by atoms with E-state index in [9.17, 15) is 9.59 Å². The van der Waals surface area contributed by atoms with Crippen LogP contribution in [0.5, 0.6) is 0 Å². The van der Waals surface area contributed by atoms with Crippen LogP contribution in [0.1, 0.15) is 13.3 Å². The van der Waals surface area contributed by atoms with E-state index in [1.165, 1.54) is 16.7 Å². The fraction of sp³-hybridized carbons (Fsp3) is 0.211. The summed E-state index contributed by atoms with van der Waals surface area (Å²) >= 11 is 25.4. The van der Waals surface area contributed by atoms with Crippen molar-refractivity contribution in [3.63, 3.8) is 0 Å². The number of benzene rings is 2. The zero-order valence-electron chi connectivity index (χ0n) is 15.1. The van der Waals surface area contributed by atoms with Crippen LogP contribution >= 0.6 is 58.2 Å². The van der Waals surface area contributed by atoms with Gasteiger partial charge in [-0.3, -0.25) is 14.5 Å². The van der Waals surface area contributed by atoms with Crippen molar-refractivity contribution in [1.29, 1.82) is 0 Å². The Balaban J connectivity index is 1.75. The number of amides is 2. The minimum absolute atomic E-state index is 0.0315. The van der Waals surface area contributed by atoms with E-state index in [1.54, 1.807) is 36.4 Å². The van der Waals surface area contributed by atoms with Crippen molar-refractivity contribution in [3.8, 4) is 0 Å². The van der Waals surface area contributed by atoms with Crippen molar-refractivity contribution in [2.75, 3.05) is 11.9 Å². The summed E-state index contributed by atoms with van der Waals surface area (Å²) < 4.78 is 0. The zero-order valence-corrected chi connectivity index (χ0v) is 18.9. The molecule has 0 saturated carbocycles. The normalized spacial score (nSPS) is 17.8. The predicted molar refractivity (Wildman–Crippen MR) is 122 cm³/mol. The maximum atomic E-state index is 12.7. The SMILES string of the molecule is CCN1C(=O)C(CC(=O)Nc2cccc(Cl)c2Cl)SC1=Nc1ccc(Cl)cc1Cl. The first kappa shape index (κ1) is 22.2. The molecule has 1 saturated heterocycles. The number of hydrogen-bond donors (Lipinski definition) is 1. The molecule has 3 rings (SSSR count). The molecule has 1 aliphatic rings. The molecule has 1 unspecified atom stereocenters. The number of carbonyl (C=O) groups is 2. The van der Waals surface area contributed by atoms with Crippen LogP contribution in [0.25, 0.3) is 0 Å². The standard InChI is InChI=1S/C19H15Cl4N3O2S/c1-2-26-18(28)15(9-16(27)24-14-5-3-4-11(21)17(14)23)29-19(26)25-13-7-6-10(20)8-12(13)22/h3-8,15H,2,9H2,1H3,(H,24,27). The number of rotatable bonds is 5. The third kappa shape index (κ3) is 5.19. The lowest BCUT2D eigenvalue weighted by Gasteiger charge is -2.13. The smallest absolute Gasteiger partial charge is 0.242 e. The Kier molecular flexibility index (Phi) is 7.35. The molecule has 2 amide bonds. The van der Waals surface area contributed by atoms with Crippen LogP contribution in [0.4, 0.5) is 11.4 Å². The molecular weight excluding hydrogens is 476 g/mol. The lowest BCUT2D eigenvalue weighted by Crippen LogP contribution is -2.33. The van der Waals surface area contributed by atoms with Gasteiger partial charge in [0.2, 0.25) is 11.8 Å². The topological polar surface area (TPSA) is 61.8 Å². The van der Waals surface area contributed by atoms with Crippen molar-refractivity contribution in [2.24, 2.45) is 4.99 Å². The monoisotopic (exact) mass is 489 g/mol. The lowest BCUT2D eigenvalue weighted by atomic mass is 10.2. The van der Waals surface area contributed by atoms with Gasteiger partial charge in [0.05, 0.1) is 26.4 Å². The Bertz CT molecular complexity index is 999. The van der Waals surface area contributed by atoms with E-state index in [0.29, 0.717) is 38.2 Å². The molecule has 0 bridgehead atoms. The van der Waals surface area contributed by atoms with E-state index in [4.69, 9.17) is 46.4 Å². The van der Waals surface area contributed by atoms with E-state index < -0.39 is 5.25 Å². The summed E-state index contributed by atoms with van der Waals surface area (Å²) in [6.45, 7) is 2.26. The predicted octanol–water partition coefficient (Wildman–Crippen LogP) is 6.28. The maximum Gasteiger partial charge on any atom is 0.242 e. The maximum absolute atomic E-state index is 12.7.